The van der Waals surface area contributed by atoms with Crippen molar-refractivity contribution in [3.8, 4) is 0 Å². The Hall–Kier alpha value is -1.47. The molecular weight excluding hydrogens is 419 g/mol. The molecule has 0 heterocycles. The maximum Gasteiger partial charge on any atom is 0.248 e. The number of carbonyl (C=O) groups excluding carboxylic acids is 1. The predicted molar refractivity (Wildman–Crippen MR) is 108 cm³/mol. The molecule has 1 N–H and O–H groups in total. The number of hydrogen-bond donors (Lipinski definition) is 1. The van der Waals surface area contributed by atoms with Crippen molar-refractivity contribution in [1.29, 1.82) is 0 Å². The molecule has 1 atom stereocenters. The van der Waals surface area contributed by atoms with Crippen LogP contribution in [0.1, 0.15) is 12.5 Å². The van der Waals surface area contributed by atoms with Crippen LogP contribution in [0.25, 0.3) is 0 Å². The molecule has 0 unspecified atom stereocenters. The van der Waals surface area contributed by atoms with Crippen LogP contribution in [0, 0.1) is 6.92 Å². The molecule has 2 rings (SSSR count). The number of halogens is 3. The van der Waals surface area contributed by atoms with Gasteiger partial charge in [-0.3, -0.25) is 9.10 Å². The van der Waals surface area contributed by atoms with E-state index in [1.165, 1.54) is 25.1 Å². The van der Waals surface area contributed by atoms with Crippen LogP contribution in [-0.2, 0) is 14.8 Å². The maximum absolute atomic E-state index is 12.7. The lowest BCUT2D eigenvalue weighted by Crippen LogP contribution is -2.45. The van der Waals surface area contributed by atoms with Gasteiger partial charge in [-0.15, -0.1) is 0 Å². The summed E-state index contributed by atoms with van der Waals surface area (Å²) in [7, 11) is -3.78. The van der Waals surface area contributed by atoms with Crippen LogP contribution in [0.15, 0.2) is 36.4 Å². The highest BCUT2D eigenvalue weighted by atomic mass is 35.5. The van der Waals surface area contributed by atoms with Gasteiger partial charge in [-0.05, 0) is 49.7 Å². The first-order chi connectivity index (χ1) is 12.0. The summed E-state index contributed by atoms with van der Waals surface area (Å²) < 4.78 is 25.6. The van der Waals surface area contributed by atoms with Gasteiger partial charge in [0.05, 0.1) is 11.9 Å². The van der Waals surface area contributed by atoms with E-state index in [0.29, 0.717) is 10.7 Å². The summed E-state index contributed by atoms with van der Waals surface area (Å²) in [5.74, 6) is -0.517. The van der Waals surface area contributed by atoms with E-state index in [0.717, 1.165) is 16.1 Å². The highest BCUT2D eigenvalue weighted by Crippen LogP contribution is 2.29. The average molecular weight is 436 g/mol. The van der Waals surface area contributed by atoms with Gasteiger partial charge < -0.3 is 5.32 Å². The summed E-state index contributed by atoms with van der Waals surface area (Å²) in [4.78, 5) is 12.7. The third-order valence-electron chi connectivity index (χ3n) is 3.65. The van der Waals surface area contributed by atoms with Gasteiger partial charge in [0.2, 0.25) is 15.9 Å². The Morgan fingerprint density at radius 1 is 1.04 bits per heavy atom. The summed E-state index contributed by atoms with van der Waals surface area (Å²) in [5.41, 5.74) is 1.51. The molecule has 0 aliphatic rings. The fourth-order valence-electron chi connectivity index (χ4n) is 2.44. The Kier molecular flexibility index (Phi) is 6.45. The number of nitrogens with one attached hydrogen (secondary N) is 1. The molecule has 0 saturated carbocycles. The molecule has 9 heteroatoms. The lowest BCUT2D eigenvalue weighted by Gasteiger charge is -2.28. The summed E-state index contributed by atoms with van der Waals surface area (Å²) in [6.45, 7) is 3.28. The van der Waals surface area contributed by atoms with Gasteiger partial charge in [0.25, 0.3) is 0 Å². The normalized spacial score (nSPS) is 12.5. The molecule has 140 valence electrons. The van der Waals surface area contributed by atoms with Crippen LogP contribution >= 0.6 is 34.8 Å². The lowest BCUT2D eigenvalue weighted by molar-refractivity contribution is -0.116. The zero-order valence-electron chi connectivity index (χ0n) is 14.3. The number of carbonyl (C=O) groups is 1. The number of nitrogens with zero attached hydrogens (tertiary/aromatic N) is 1. The summed E-state index contributed by atoms with van der Waals surface area (Å²) >= 11 is 17.9. The van der Waals surface area contributed by atoms with Crippen molar-refractivity contribution in [2.24, 2.45) is 0 Å². The number of rotatable bonds is 5. The quantitative estimate of drug-likeness (QED) is 0.737. The smallest absolute Gasteiger partial charge is 0.248 e. The number of hydrogen-bond acceptors (Lipinski definition) is 3. The summed E-state index contributed by atoms with van der Waals surface area (Å²) in [5, 5.41) is 3.69. The molecule has 0 radical (unpaired) electrons. The zero-order valence-corrected chi connectivity index (χ0v) is 17.3. The van der Waals surface area contributed by atoms with Crippen LogP contribution in [0.5, 0.6) is 0 Å². The van der Waals surface area contributed by atoms with Gasteiger partial charge in [-0.25, -0.2) is 8.42 Å². The molecule has 1 amide bonds. The zero-order chi connectivity index (χ0) is 19.6. The molecule has 2 aromatic rings. The highest BCUT2D eigenvalue weighted by molar-refractivity contribution is 7.92. The lowest BCUT2D eigenvalue weighted by atomic mass is 10.2. The van der Waals surface area contributed by atoms with Crippen molar-refractivity contribution in [1.82, 2.24) is 0 Å². The van der Waals surface area contributed by atoms with Gasteiger partial charge >= 0.3 is 0 Å². The van der Waals surface area contributed by atoms with Gasteiger partial charge in [0, 0.05) is 20.8 Å². The van der Waals surface area contributed by atoms with Crippen molar-refractivity contribution in [3.63, 3.8) is 0 Å². The Balaban J connectivity index is 2.39. The number of sulfonamides is 1. The van der Waals surface area contributed by atoms with E-state index in [9.17, 15) is 13.2 Å². The molecular formula is C17H17Cl3N2O3S. The van der Waals surface area contributed by atoms with Gasteiger partial charge in [0.1, 0.15) is 6.04 Å². The minimum atomic E-state index is -3.78. The summed E-state index contributed by atoms with van der Waals surface area (Å²) in [6.07, 6.45) is 1.01. The Morgan fingerprint density at radius 2 is 1.62 bits per heavy atom. The molecule has 0 aliphatic carbocycles. The van der Waals surface area contributed by atoms with Crippen molar-refractivity contribution >= 4 is 62.1 Å². The Morgan fingerprint density at radius 3 is 2.15 bits per heavy atom. The minimum Gasteiger partial charge on any atom is -0.324 e. The van der Waals surface area contributed by atoms with Crippen LogP contribution in [0.3, 0.4) is 0 Å². The first kappa shape index (κ1) is 20.8. The molecule has 26 heavy (non-hydrogen) atoms. The largest absolute Gasteiger partial charge is 0.324 e. The SMILES string of the molecule is Cc1ccc(Cl)cc1NC(=O)[C@@H](C)N(c1cc(Cl)cc(Cl)c1)S(C)(=O)=O. The van der Waals surface area contributed by atoms with Crippen molar-refractivity contribution in [2.75, 3.05) is 15.9 Å². The van der Waals surface area contributed by atoms with Gasteiger partial charge in [-0.1, -0.05) is 40.9 Å². The minimum absolute atomic E-state index is 0.204. The van der Waals surface area contributed by atoms with E-state index in [4.69, 9.17) is 34.8 Å². The van der Waals surface area contributed by atoms with Crippen molar-refractivity contribution < 1.29 is 13.2 Å². The molecule has 0 saturated heterocycles. The number of anilines is 2. The second-order valence-electron chi connectivity index (χ2n) is 5.81. The van der Waals surface area contributed by atoms with Crippen LogP contribution in [-0.4, -0.2) is 26.6 Å². The van der Waals surface area contributed by atoms with E-state index in [-0.39, 0.29) is 15.7 Å². The molecule has 0 spiro atoms. The molecule has 0 aromatic heterocycles. The summed E-state index contributed by atoms with van der Waals surface area (Å²) in [6, 6.07) is 8.36. The fourth-order valence-corrected chi connectivity index (χ4v) is 4.29. The number of benzene rings is 2. The van der Waals surface area contributed by atoms with Gasteiger partial charge in [0.15, 0.2) is 0 Å². The molecule has 5 nitrogen and oxygen atoms in total. The van der Waals surface area contributed by atoms with Crippen molar-refractivity contribution in [2.45, 2.75) is 19.9 Å². The Bertz CT molecular complexity index is 928. The topological polar surface area (TPSA) is 66.5 Å². The highest BCUT2D eigenvalue weighted by Gasteiger charge is 2.30. The first-order valence-electron chi connectivity index (χ1n) is 7.51. The maximum atomic E-state index is 12.7. The van der Waals surface area contributed by atoms with Gasteiger partial charge in [-0.2, -0.15) is 0 Å². The Labute approximate surface area is 167 Å². The second-order valence-corrected chi connectivity index (χ2v) is 8.98. The standard InChI is InChI=1S/C17H17Cl3N2O3S/c1-10-4-5-12(18)9-16(10)21-17(23)11(2)22(26(3,24)25)15-7-13(19)6-14(20)8-15/h4-9,11H,1-3H3,(H,21,23)/t11-/m1/s1. The molecule has 0 bridgehead atoms. The van der Waals surface area contributed by atoms with E-state index in [2.05, 4.69) is 5.32 Å². The molecule has 0 aliphatic heterocycles. The average Bonchev–Trinajstić information content (AvgIpc) is 2.48. The second kappa shape index (κ2) is 8.05. The van der Waals surface area contributed by atoms with Crippen LogP contribution in [0.4, 0.5) is 11.4 Å². The van der Waals surface area contributed by atoms with E-state index in [1.54, 1.807) is 18.2 Å². The third-order valence-corrected chi connectivity index (χ3v) is 5.56. The van der Waals surface area contributed by atoms with E-state index in [1.807, 2.05) is 6.92 Å². The fraction of sp³-hybridized carbons (Fsp3) is 0.235. The number of aryl methyl sites for hydroxylation is 1. The van der Waals surface area contributed by atoms with E-state index < -0.39 is 22.0 Å². The van der Waals surface area contributed by atoms with Crippen molar-refractivity contribution in [3.05, 3.63) is 57.0 Å². The molecule has 2 aromatic carbocycles. The number of amides is 1. The van der Waals surface area contributed by atoms with E-state index >= 15 is 0 Å². The third kappa shape index (κ3) is 5.04. The van der Waals surface area contributed by atoms with Crippen LogP contribution in [0.2, 0.25) is 15.1 Å². The first-order valence-corrected chi connectivity index (χ1v) is 10.5. The predicted octanol–water partition coefficient (Wildman–Crippen LogP) is 4.75. The molecule has 0 fully saturated rings. The van der Waals surface area contributed by atoms with Crippen LogP contribution < -0.4 is 9.62 Å². The monoisotopic (exact) mass is 434 g/mol.